The van der Waals surface area contributed by atoms with Gasteiger partial charge in [-0.15, -0.1) is 0 Å². The Morgan fingerprint density at radius 2 is 1.83 bits per heavy atom. The molecule has 0 radical (unpaired) electrons. The Balaban J connectivity index is 1.70. The van der Waals surface area contributed by atoms with Gasteiger partial charge < -0.3 is 5.32 Å². The predicted octanol–water partition coefficient (Wildman–Crippen LogP) is 3.05. The summed E-state index contributed by atoms with van der Waals surface area (Å²) in [6.45, 7) is 1.87. The van der Waals surface area contributed by atoms with E-state index >= 15 is 0 Å². The molecule has 1 amide bonds. The van der Waals surface area contributed by atoms with E-state index in [1.165, 1.54) is 6.07 Å². The lowest BCUT2D eigenvalue weighted by Crippen LogP contribution is -2.37. The van der Waals surface area contributed by atoms with Gasteiger partial charge in [0.25, 0.3) is 0 Å². The van der Waals surface area contributed by atoms with Crippen molar-refractivity contribution < 1.29 is 13.2 Å². The van der Waals surface area contributed by atoms with Gasteiger partial charge in [0.2, 0.25) is 15.9 Å². The van der Waals surface area contributed by atoms with E-state index in [1.807, 2.05) is 6.92 Å². The Labute approximate surface area is 177 Å². The highest BCUT2D eigenvalue weighted by atomic mass is 32.2. The average molecular weight is 440 g/mol. The molecule has 2 aromatic carbocycles. The van der Waals surface area contributed by atoms with Crippen molar-refractivity contribution in [1.82, 2.24) is 18.5 Å². The molecule has 0 aliphatic carbocycles. The second-order valence-corrected chi connectivity index (χ2v) is 8.77. The monoisotopic (exact) mass is 439 g/mol. The molecule has 10 heteroatoms. The van der Waals surface area contributed by atoms with Crippen LogP contribution in [0.1, 0.15) is 17.2 Å². The van der Waals surface area contributed by atoms with Crippen molar-refractivity contribution in [3.8, 4) is 0 Å². The summed E-state index contributed by atoms with van der Waals surface area (Å²) in [5, 5.41) is 2.68. The molecular weight excluding hydrogens is 422 g/mol. The molecule has 0 spiro atoms. The van der Waals surface area contributed by atoms with E-state index < -0.39 is 22.0 Å². The summed E-state index contributed by atoms with van der Waals surface area (Å²) < 4.78 is 37.0. The minimum atomic E-state index is -4.08. The molecular formula is C20H17N5O3S2. The molecule has 0 bridgehead atoms. The number of benzene rings is 2. The summed E-state index contributed by atoms with van der Waals surface area (Å²) in [4.78, 5) is 17.1. The summed E-state index contributed by atoms with van der Waals surface area (Å²) in [6, 6.07) is 15.7. The highest BCUT2D eigenvalue weighted by Gasteiger charge is 2.29. The van der Waals surface area contributed by atoms with Gasteiger partial charge in [0.05, 0.1) is 11.7 Å². The van der Waals surface area contributed by atoms with Crippen LogP contribution in [-0.4, -0.2) is 28.1 Å². The van der Waals surface area contributed by atoms with Gasteiger partial charge in [0.15, 0.2) is 0 Å². The molecule has 1 atom stereocenters. The zero-order valence-corrected chi connectivity index (χ0v) is 17.4. The molecule has 0 fully saturated rings. The highest BCUT2D eigenvalue weighted by Crippen LogP contribution is 2.24. The lowest BCUT2D eigenvalue weighted by atomic mass is 10.1. The second-order valence-electron chi connectivity index (χ2n) is 6.56. The number of pyridine rings is 1. The van der Waals surface area contributed by atoms with Gasteiger partial charge in [-0.3, -0.25) is 4.79 Å². The largest absolute Gasteiger partial charge is 0.309 e. The summed E-state index contributed by atoms with van der Waals surface area (Å²) >= 11 is 0.928. The lowest BCUT2D eigenvalue weighted by molar-refractivity contribution is -0.117. The van der Waals surface area contributed by atoms with Crippen LogP contribution in [0.2, 0.25) is 0 Å². The zero-order valence-electron chi connectivity index (χ0n) is 15.8. The van der Waals surface area contributed by atoms with Crippen LogP contribution in [0.25, 0.3) is 11.0 Å². The quantitative estimate of drug-likeness (QED) is 0.477. The van der Waals surface area contributed by atoms with Gasteiger partial charge >= 0.3 is 0 Å². The van der Waals surface area contributed by atoms with Crippen molar-refractivity contribution in [2.75, 3.05) is 5.32 Å². The van der Waals surface area contributed by atoms with Crippen molar-refractivity contribution in [3.63, 3.8) is 0 Å². The maximum Gasteiger partial charge on any atom is 0.248 e. The van der Waals surface area contributed by atoms with E-state index in [9.17, 15) is 13.2 Å². The van der Waals surface area contributed by atoms with Crippen LogP contribution in [0.15, 0.2) is 71.8 Å². The normalized spacial score (nSPS) is 12.6. The zero-order chi connectivity index (χ0) is 21.1. The molecule has 8 nitrogen and oxygen atoms in total. The highest BCUT2D eigenvalue weighted by molar-refractivity contribution is 7.89. The molecule has 30 heavy (non-hydrogen) atoms. The fraction of sp³-hybridized carbons (Fsp3) is 0.100. The van der Waals surface area contributed by atoms with Gasteiger partial charge in [-0.2, -0.15) is 13.5 Å². The summed E-state index contributed by atoms with van der Waals surface area (Å²) in [5.41, 5.74) is 2.16. The standard InChI is InChI=1S/C20H17N5O3S2/c1-13-10-11-21-17(12-13)22-20(26)18(14-6-3-2-4-7-14)25-30(27,28)16-9-5-8-15-19(16)24-29-23-15/h2-12,18,25H,1H3,(H,21,22,26). The molecule has 2 N–H and O–H groups in total. The molecule has 152 valence electrons. The number of nitrogens with one attached hydrogen (secondary N) is 2. The number of amides is 1. The SMILES string of the molecule is Cc1ccnc(NC(=O)C(NS(=O)(=O)c2cccc3nsnc23)c2ccccc2)c1. The van der Waals surface area contributed by atoms with E-state index in [0.717, 1.165) is 17.3 Å². The summed E-state index contributed by atoms with van der Waals surface area (Å²) in [5.74, 6) is -0.211. The number of rotatable bonds is 6. The Bertz CT molecular complexity index is 1310. The van der Waals surface area contributed by atoms with E-state index in [1.54, 1.807) is 60.8 Å². The Morgan fingerprint density at radius 1 is 1.03 bits per heavy atom. The minimum absolute atomic E-state index is 0.0313. The summed E-state index contributed by atoms with van der Waals surface area (Å²) in [6.07, 6.45) is 1.57. The van der Waals surface area contributed by atoms with Crippen LogP contribution in [0, 0.1) is 6.92 Å². The first kappa shape index (κ1) is 20.1. The van der Waals surface area contributed by atoms with Crippen molar-refractivity contribution in [1.29, 1.82) is 0 Å². The lowest BCUT2D eigenvalue weighted by Gasteiger charge is -2.19. The number of hydrogen-bond donors (Lipinski definition) is 2. The van der Waals surface area contributed by atoms with Crippen LogP contribution < -0.4 is 10.0 Å². The van der Waals surface area contributed by atoms with Crippen molar-refractivity contribution in [2.45, 2.75) is 17.9 Å². The third kappa shape index (κ3) is 4.20. The molecule has 0 aliphatic rings. The molecule has 4 aromatic rings. The number of carbonyl (C=O) groups excluding carboxylic acids is 1. The van der Waals surface area contributed by atoms with Crippen LogP contribution in [0.4, 0.5) is 5.82 Å². The first-order valence-electron chi connectivity index (χ1n) is 8.96. The molecule has 2 heterocycles. The second kappa shape index (κ2) is 8.27. The molecule has 2 aromatic heterocycles. The number of sulfonamides is 1. The van der Waals surface area contributed by atoms with E-state index in [-0.39, 0.29) is 10.4 Å². The number of nitrogens with zero attached hydrogens (tertiary/aromatic N) is 3. The van der Waals surface area contributed by atoms with Crippen molar-refractivity contribution in [3.05, 3.63) is 78.0 Å². The van der Waals surface area contributed by atoms with Crippen molar-refractivity contribution in [2.24, 2.45) is 0 Å². The van der Waals surface area contributed by atoms with Crippen LogP contribution in [0.5, 0.6) is 0 Å². The van der Waals surface area contributed by atoms with Gasteiger partial charge in [0.1, 0.15) is 27.8 Å². The minimum Gasteiger partial charge on any atom is -0.309 e. The number of fused-ring (bicyclic) bond motifs is 1. The maximum absolute atomic E-state index is 13.2. The molecule has 0 saturated heterocycles. The van der Waals surface area contributed by atoms with Gasteiger partial charge in [-0.25, -0.2) is 13.4 Å². The first-order chi connectivity index (χ1) is 14.4. The van der Waals surface area contributed by atoms with E-state index in [4.69, 9.17) is 0 Å². The van der Waals surface area contributed by atoms with Gasteiger partial charge in [0, 0.05) is 6.20 Å². The predicted molar refractivity (Wildman–Crippen MR) is 115 cm³/mol. The number of aromatic nitrogens is 3. The smallest absolute Gasteiger partial charge is 0.248 e. The van der Waals surface area contributed by atoms with Crippen LogP contribution in [0.3, 0.4) is 0 Å². The third-order valence-electron chi connectivity index (χ3n) is 4.37. The van der Waals surface area contributed by atoms with Gasteiger partial charge in [-0.1, -0.05) is 36.4 Å². The average Bonchev–Trinajstić information content (AvgIpc) is 3.21. The maximum atomic E-state index is 13.2. The molecule has 0 aliphatic heterocycles. The van der Waals surface area contributed by atoms with E-state index in [0.29, 0.717) is 16.9 Å². The number of hydrogen-bond acceptors (Lipinski definition) is 7. The topological polar surface area (TPSA) is 114 Å². The van der Waals surface area contributed by atoms with Gasteiger partial charge in [-0.05, 0) is 42.3 Å². The Kier molecular flexibility index (Phi) is 5.53. The Morgan fingerprint density at radius 3 is 2.60 bits per heavy atom. The molecule has 1 unspecified atom stereocenters. The van der Waals surface area contributed by atoms with Crippen LogP contribution >= 0.6 is 11.7 Å². The molecule has 4 rings (SSSR count). The molecule has 0 saturated carbocycles. The number of carbonyl (C=O) groups is 1. The summed E-state index contributed by atoms with van der Waals surface area (Å²) in [7, 11) is -4.08. The first-order valence-corrected chi connectivity index (χ1v) is 11.2. The third-order valence-corrected chi connectivity index (χ3v) is 6.37. The fourth-order valence-corrected chi connectivity index (χ4v) is 4.89. The number of anilines is 1. The Hall–Kier alpha value is -3.21. The number of aryl methyl sites for hydroxylation is 1. The van der Waals surface area contributed by atoms with Crippen LogP contribution in [-0.2, 0) is 14.8 Å². The fourth-order valence-electron chi connectivity index (χ4n) is 2.94. The van der Waals surface area contributed by atoms with E-state index in [2.05, 4.69) is 23.8 Å². The van der Waals surface area contributed by atoms with Crippen molar-refractivity contribution >= 4 is 44.5 Å².